The minimum Gasteiger partial charge on any atom is -0.744 e. The van der Waals surface area contributed by atoms with Crippen molar-refractivity contribution < 1.29 is 142 Å². The number of rotatable bonds is 11. The molecule has 0 atom stereocenters. The quantitative estimate of drug-likeness (QED) is 0.0342. The number of nitrogens with two attached hydrogens (primary N) is 2. The van der Waals surface area contributed by atoms with Crippen LogP contribution < -0.4 is 105 Å². The monoisotopic (exact) mass is 626 g/mol. The van der Waals surface area contributed by atoms with Crippen molar-refractivity contribution in [3.63, 3.8) is 0 Å². The van der Waals surface area contributed by atoms with Crippen LogP contribution in [0.1, 0.15) is 0 Å². The summed E-state index contributed by atoms with van der Waals surface area (Å²) >= 11 is 0.0602. The third-order valence-corrected chi connectivity index (χ3v) is 7.60. The molecule has 0 aromatic heterocycles. The summed E-state index contributed by atoms with van der Waals surface area (Å²) in [6.07, 6.45) is 0. The van der Waals surface area contributed by atoms with Crippen LogP contribution in [0.15, 0.2) is 55.2 Å². The number of anilines is 2. The van der Waals surface area contributed by atoms with E-state index in [1.807, 2.05) is 0 Å². The zero-order chi connectivity index (χ0) is 25.7. The van der Waals surface area contributed by atoms with E-state index in [-0.39, 0.29) is 107 Å². The van der Waals surface area contributed by atoms with Crippen LogP contribution in [-0.2, 0) is 43.6 Å². The van der Waals surface area contributed by atoms with Gasteiger partial charge in [0.2, 0.25) is 0 Å². The van der Waals surface area contributed by atoms with E-state index in [1.54, 1.807) is 0 Å². The van der Waals surface area contributed by atoms with Crippen molar-refractivity contribution in [3.05, 3.63) is 30.3 Å². The number of azo groups is 1. The fourth-order valence-corrected chi connectivity index (χ4v) is 5.06. The molecular formula is C14H13N4Na3O12S4. The Morgan fingerprint density at radius 1 is 0.811 bits per heavy atom. The van der Waals surface area contributed by atoms with Crippen LogP contribution in [0.25, 0.3) is 0 Å². The van der Waals surface area contributed by atoms with Gasteiger partial charge in [-0.2, -0.15) is 0 Å². The Labute approximate surface area is 282 Å². The first kappa shape index (κ1) is 39.7. The summed E-state index contributed by atoms with van der Waals surface area (Å²) in [6, 6.07) is 3.91. The molecule has 0 unspecified atom stereocenters. The normalized spacial score (nSPS) is 11.9. The molecular weight excluding hydrogens is 613 g/mol. The number of nitrogens with zero attached hydrogens (tertiary/aromatic N) is 2. The first-order valence-corrected chi connectivity index (χ1v) is 13.4. The number of hydrogen-bond donors (Lipinski definition) is 2. The standard InChI is InChI=1S/C14H16N4O12S4.3Na/c15-9-6-10(16)13(33(22,23)24)7-12(9)18-17-11-2-1-8(5-14(11)34(25,26)27)32(20,21)4-3-28-31-30-29-19;;;/h1-2,5-7,19H,3-4,15-16H2,(H,22,23,24)(H,25,26,27);;;/q;3*+1/p-3. The van der Waals surface area contributed by atoms with Crippen LogP contribution >= 0.6 is 12.3 Å². The predicted molar refractivity (Wildman–Crippen MR) is 110 cm³/mol. The van der Waals surface area contributed by atoms with E-state index in [0.29, 0.717) is 12.1 Å². The SMILES string of the molecule is Nc1cc(N)c(S(=O)(=O)[O-])cc1N=Nc1ccc(S(=O)(=O)CCOSOO[O-])cc1S(=O)(=O)[O-].[Na+].[Na+].[Na+]. The van der Waals surface area contributed by atoms with Gasteiger partial charge < -0.3 is 25.8 Å². The van der Waals surface area contributed by atoms with Crippen LogP contribution in [0, 0.1) is 0 Å². The number of benzene rings is 2. The Bertz CT molecular complexity index is 1420. The van der Waals surface area contributed by atoms with Gasteiger partial charge in [-0.15, -0.1) is 14.6 Å². The average Bonchev–Trinajstić information content (AvgIpc) is 2.71. The van der Waals surface area contributed by atoms with Gasteiger partial charge in [0.15, 0.2) is 22.2 Å². The molecule has 37 heavy (non-hydrogen) atoms. The molecule has 0 fully saturated rings. The van der Waals surface area contributed by atoms with Crippen molar-refractivity contribution in [2.24, 2.45) is 10.2 Å². The Morgan fingerprint density at radius 2 is 1.38 bits per heavy atom. The van der Waals surface area contributed by atoms with Gasteiger partial charge in [-0.05, 0) is 30.3 Å². The molecule has 2 aromatic carbocycles. The van der Waals surface area contributed by atoms with E-state index in [1.165, 1.54) is 0 Å². The predicted octanol–water partition coefficient (Wildman–Crippen LogP) is -9.34. The first-order valence-electron chi connectivity index (χ1n) is 8.31. The van der Waals surface area contributed by atoms with E-state index in [4.69, 9.17) is 11.5 Å². The van der Waals surface area contributed by atoms with E-state index >= 15 is 0 Å². The summed E-state index contributed by atoms with van der Waals surface area (Å²) in [6.45, 7) is -0.501. The van der Waals surface area contributed by atoms with Crippen LogP contribution in [0.2, 0.25) is 0 Å². The first-order chi connectivity index (χ1) is 15.7. The van der Waals surface area contributed by atoms with Crippen LogP contribution in [0.5, 0.6) is 0 Å². The van der Waals surface area contributed by atoms with Crippen molar-refractivity contribution in [1.29, 1.82) is 0 Å². The molecule has 0 aliphatic rings. The smallest absolute Gasteiger partial charge is 0.744 e. The van der Waals surface area contributed by atoms with Crippen molar-refractivity contribution in [2.75, 3.05) is 23.8 Å². The summed E-state index contributed by atoms with van der Waals surface area (Å²) < 4.78 is 102. The van der Waals surface area contributed by atoms with Gasteiger partial charge in [0, 0.05) is 0 Å². The zero-order valence-corrected chi connectivity index (χ0v) is 28.6. The average molecular weight is 627 g/mol. The molecule has 0 aliphatic carbocycles. The molecule has 188 valence electrons. The fourth-order valence-electron chi connectivity index (χ4n) is 2.31. The molecule has 23 heteroatoms. The molecule has 2 aromatic rings. The Balaban J connectivity index is 0. The van der Waals surface area contributed by atoms with Crippen molar-refractivity contribution >= 4 is 65.1 Å². The maximum atomic E-state index is 12.4. The molecule has 16 nitrogen and oxygen atoms in total. The summed E-state index contributed by atoms with van der Waals surface area (Å²) in [5, 5.41) is 19.7. The number of sulfone groups is 1. The van der Waals surface area contributed by atoms with E-state index in [0.717, 1.165) is 18.2 Å². The third-order valence-electron chi connectivity index (χ3n) is 3.79. The number of nitrogen functional groups attached to an aromatic ring is 2. The minimum absolute atomic E-state index is 0. The summed E-state index contributed by atoms with van der Waals surface area (Å²) in [7, 11) is -14.5. The summed E-state index contributed by atoms with van der Waals surface area (Å²) in [5.41, 5.74) is 9.38. The molecule has 0 saturated carbocycles. The maximum absolute atomic E-state index is 12.4. The summed E-state index contributed by atoms with van der Waals surface area (Å²) in [4.78, 5) is -2.51. The Morgan fingerprint density at radius 3 is 1.92 bits per heavy atom. The molecule has 0 aliphatic heterocycles. The van der Waals surface area contributed by atoms with Crippen molar-refractivity contribution in [1.82, 2.24) is 0 Å². The minimum atomic E-state index is -5.27. The van der Waals surface area contributed by atoms with Crippen molar-refractivity contribution in [3.8, 4) is 0 Å². The summed E-state index contributed by atoms with van der Waals surface area (Å²) in [5.74, 6) is -0.699. The second-order valence-corrected chi connectivity index (χ2v) is 11.3. The van der Waals surface area contributed by atoms with E-state index in [2.05, 4.69) is 23.8 Å². The van der Waals surface area contributed by atoms with Crippen LogP contribution in [-0.4, -0.2) is 46.7 Å². The molecule has 4 N–H and O–H groups in total. The molecule has 0 radical (unpaired) electrons. The van der Waals surface area contributed by atoms with Crippen LogP contribution in [0.4, 0.5) is 22.7 Å². The molecule has 0 heterocycles. The molecule has 0 saturated heterocycles. The largest absolute Gasteiger partial charge is 1.00 e. The maximum Gasteiger partial charge on any atom is 1.00 e. The Kier molecular flexibility index (Phi) is 18.0. The van der Waals surface area contributed by atoms with Gasteiger partial charge in [-0.25, -0.2) is 25.3 Å². The molecule has 0 bridgehead atoms. The topological polar surface area (TPSA) is 276 Å². The van der Waals surface area contributed by atoms with Gasteiger partial charge in [0.05, 0.1) is 38.4 Å². The molecule has 0 spiro atoms. The molecule has 0 amide bonds. The van der Waals surface area contributed by atoms with E-state index < -0.39 is 74.2 Å². The van der Waals surface area contributed by atoms with Gasteiger partial charge in [0.25, 0.3) is 0 Å². The van der Waals surface area contributed by atoms with Gasteiger partial charge in [0.1, 0.15) is 31.6 Å². The fraction of sp³-hybridized carbons (Fsp3) is 0.143. The van der Waals surface area contributed by atoms with Gasteiger partial charge >= 0.3 is 88.7 Å². The Hall–Kier alpha value is 0.600. The number of hydrogen-bond acceptors (Lipinski definition) is 17. The third kappa shape index (κ3) is 11.9. The molecule has 2 rings (SSSR count). The van der Waals surface area contributed by atoms with Crippen LogP contribution in [0.3, 0.4) is 0 Å². The van der Waals surface area contributed by atoms with Crippen molar-refractivity contribution in [2.45, 2.75) is 14.7 Å². The zero-order valence-electron chi connectivity index (χ0n) is 19.4. The van der Waals surface area contributed by atoms with Gasteiger partial charge in [-0.3, -0.25) is 9.22 Å². The van der Waals surface area contributed by atoms with Gasteiger partial charge in [-0.1, -0.05) is 0 Å². The second kappa shape index (κ2) is 16.8. The second-order valence-electron chi connectivity index (χ2n) is 6.03. The van der Waals surface area contributed by atoms with E-state index in [9.17, 15) is 39.6 Å².